The molecule has 0 fully saturated rings. The van der Waals surface area contributed by atoms with Gasteiger partial charge in [0.25, 0.3) is 0 Å². The number of carbonyl (C=O) groups is 1. The highest BCUT2D eigenvalue weighted by Crippen LogP contribution is 2.20. The molecule has 5 N–H and O–H groups in total. The number of amides is 1. The minimum atomic E-state index is -1.03. The van der Waals surface area contributed by atoms with Crippen LogP contribution in [0.2, 0.25) is 0 Å². The lowest BCUT2D eigenvalue weighted by atomic mass is 9.92. The Hall–Kier alpha value is -0.910. The van der Waals surface area contributed by atoms with Gasteiger partial charge in [-0.1, -0.05) is 28.1 Å². The van der Waals surface area contributed by atoms with Gasteiger partial charge in [-0.05, 0) is 24.6 Å². The van der Waals surface area contributed by atoms with Gasteiger partial charge in [-0.25, -0.2) is 0 Å². The van der Waals surface area contributed by atoms with Crippen molar-refractivity contribution in [3.05, 3.63) is 34.3 Å². The number of benzene rings is 1. The Morgan fingerprint density at radius 2 is 2.00 bits per heavy atom. The molecule has 1 unspecified atom stereocenters. The first kappa shape index (κ1) is 13.2. The van der Waals surface area contributed by atoms with Crippen LogP contribution < -0.4 is 16.8 Å². The van der Waals surface area contributed by atoms with Crippen molar-refractivity contribution in [2.75, 3.05) is 13.1 Å². The van der Waals surface area contributed by atoms with Gasteiger partial charge in [-0.3, -0.25) is 4.79 Å². The van der Waals surface area contributed by atoms with Crippen LogP contribution in [0, 0.1) is 0 Å². The molecule has 0 saturated heterocycles. The predicted molar refractivity (Wildman–Crippen MR) is 67.7 cm³/mol. The molecule has 0 aliphatic carbocycles. The predicted octanol–water partition coefficient (Wildman–Crippen LogP) is 0.698. The van der Waals surface area contributed by atoms with Crippen molar-refractivity contribution >= 4 is 21.8 Å². The van der Waals surface area contributed by atoms with E-state index in [4.69, 9.17) is 11.5 Å². The molecule has 0 aliphatic heterocycles. The molecule has 1 aromatic rings. The number of halogens is 1. The van der Waals surface area contributed by atoms with E-state index in [-0.39, 0.29) is 5.91 Å². The summed E-state index contributed by atoms with van der Waals surface area (Å²) in [6, 6.07) is 7.37. The normalized spacial score (nSPS) is 14.2. The van der Waals surface area contributed by atoms with Crippen molar-refractivity contribution < 1.29 is 4.79 Å². The van der Waals surface area contributed by atoms with Gasteiger partial charge >= 0.3 is 0 Å². The molecule has 0 spiro atoms. The Morgan fingerprint density at radius 1 is 1.44 bits per heavy atom. The van der Waals surface area contributed by atoms with E-state index >= 15 is 0 Å². The molecule has 5 heteroatoms. The summed E-state index contributed by atoms with van der Waals surface area (Å²) in [5.74, 6) is -0.222. The summed E-state index contributed by atoms with van der Waals surface area (Å²) in [7, 11) is 0. The first-order valence-electron chi connectivity index (χ1n) is 5.01. The molecule has 0 bridgehead atoms. The molecular formula is C11H16BrN3O. The maximum atomic E-state index is 11.8. The molecule has 0 aliphatic rings. The average Bonchev–Trinajstić information content (AvgIpc) is 2.26. The van der Waals surface area contributed by atoms with Crippen molar-refractivity contribution in [2.24, 2.45) is 11.5 Å². The van der Waals surface area contributed by atoms with Gasteiger partial charge in [0.15, 0.2) is 0 Å². The Labute approximate surface area is 104 Å². The van der Waals surface area contributed by atoms with E-state index in [2.05, 4.69) is 21.2 Å². The monoisotopic (exact) mass is 285 g/mol. The van der Waals surface area contributed by atoms with Gasteiger partial charge in [-0.2, -0.15) is 0 Å². The molecule has 16 heavy (non-hydrogen) atoms. The van der Waals surface area contributed by atoms with Crippen molar-refractivity contribution in [3.63, 3.8) is 0 Å². The SMILES string of the molecule is CC(N)(C(=O)NCCN)c1ccc(Br)cc1. The highest BCUT2D eigenvalue weighted by molar-refractivity contribution is 9.10. The molecular weight excluding hydrogens is 270 g/mol. The molecule has 0 aromatic heterocycles. The van der Waals surface area contributed by atoms with Crippen LogP contribution in [-0.4, -0.2) is 19.0 Å². The molecule has 4 nitrogen and oxygen atoms in total. The zero-order valence-electron chi connectivity index (χ0n) is 9.16. The van der Waals surface area contributed by atoms with Crippen LogP contribution in [0.3, 0.4) is 0 Å². The van der Waals surface area contributed by atoms with Gasteiger partial charge in [0.1, 0.15) is 5.54 Å². The molecule has 1 rings (SSSR count). The number of hydrogen-bond acceptors (Lipinski definition) is 3. The molecule has 0 saturated carbocycles. The van der Waals surface area contributed by atoms with Gasteiger partial charge in [0.05, 0.1) is 0 Å². The Bertz CT molecular complexity index is 362. The number of rotatable bonds is 4. The van der Waals surface area contributed by atoms with E-state index in [1.807, 2.05) is 24.3 Å². The van der Waals surface area contributed by atoms with Gasteiger partial charge < -0.3 is 16.8 Å². The Balaban J connectivity index is 2.83. The van der Waals surface area contributed by atoms with E-state index in [9.17, 15) is 4.79 Å². The van der Waals surface area contributed by atoms with Gasteiger partial charge in [0, 0.05) is 17.6 Å². The van der Waals surface area contributed by atoms with Crippen LogP contribution in [0.25, 0.3) is 0 Å². The highest BCUT2D eigenvalue weighted by Gasteiger charge is 2.29. The van der Waals surface area contributed by atoms with Crippen molar-refractivity contribution in [1.82, 2.24) is 5.32 Å². The summed E-state index contributed by atoms with van der Waals surface area (Å²) in [6.45, 7) is 2.52. The summed E-state index contributed by atoms with van der Waals surface area (Å²) >= 11 is 3.33. The zero-order valence-corrected chi connectivity index (χ0v) is 10.8. The van der Waals surface area contributed by atoms with Gasteiger partial charge in [-0.15, -0.1) is 0 Å². The number of hydrogen-bond donors (Lipinski definition) is 3. The number of nitrogens with one attached hydrogen (secondary N) is 1. The summed E-state index contributed by atoms with van der Waals surface area (Å²) in [5.41, 5.74) is 11.1. The molecule has 88 valence electrons. The Kier molecular flexibility index (Phi) is 4.46. The van der Waals surface area contributed by atoms with Crippen molar-refractivity contribution in [3.8, 4) is 0 Å². The van der Waals surface area contributed by atoms with E-state index in [1.54, 1.807) is 6.92 Å². The van der Waals surface area contributed by atoms with E-state index in [1.165, 1.54) is 0 Å². The molecule has 1 atom stereocenters. The number of nitrogens with two attached hydrogens (primary N) is 2. The molecule has 1 aromatic carbocycles. The highest BCUT2D eigenvalue weighted by atomic mass is 79.9. The molecule has 1 amide bonds. The van der Waals surface area contributed by atoms with Crippen LogP contribution in [0.5, 0.6) is 0 Å². The lowest BCUT2D eigenvalue weighted by Crippen LogP contribution is -2.50. The first-order valence-corrected chi connectivity index (χ1v) is 5.81. The maximum Gasteiger partial charge on any atom is 0.244 e. The second kappa shape index (κ2) is 5.43. The minimum absolute atomic E-state index is 0.222. The lowest BCUT2D eigenvalue weighted by Gasteiger charge is -2.24. The molecule has 0 radical (unpaired) electrons. The van der Waals surface area contributed by atoms with E-state index in [0.29, 0.717) is 13.1 Å². The quantitative estimate of drug-likeness (QED) is 0.762. The van der Waals surface area contributed by atoms with Crippen LogP contribution in [0.1, 0.15) is 12.5 Å². The van der Waals surface area contributed by atoms with Crippen molar-refractivity contribution in [1.29, 1.82) is 0 Å². The summed E-state index contributed by atoms with van der Waals surface area (Å²) in [4.78, 5) is 11.8. The lowest BCUT2D eigenvalue weighted by molar-refractivity contribution is -0.126. The largest absolute Gasteiger partial charge is 0.353 e. The third kappa shape index (κ3) is 3.04. The van der Waals surface area contributed by atoms with Crippen LogP contribution in [0.15, 0.2) is 28.7 Å². The van der Waals surface area contributed by atoms with Gasteiger partial charge in [0.2, 0.25) is 5.91 Å². The third-order valence-electron chi connectivity index (χ3n) is 2.35. The fourth-order valence-electron chi connectivity index (χ4n) is 1.30. The van der Waals surface area contributed by atoms with E-state index < -0.39 is 5.54 Å². The van der Waals surface area contributed by atoms with E-state index in [0.717, 1.165) is 10.0 Å². The summed E-state index contributed by atoms with van der Waals surface area (Å²) < 4.78 is 0.953. The second-order valence-corrected chi connectivity index (χ2v) is 4.67. The maximum absolute atomic E-state index is 11.8. The molecule has 0 heterocycles. The smallest absolute Gasteiger partial charge is 0.244 e. The standard InChI is InChI=1S/C11H16BrN3O/c1-11(14,10(16)15-7-6-13)8-2-4-9(12)5-3-8/h2-5H,6-7,13-14H2,1H3,(H,15,16). The second-order valence-electron chi connectivity index (χ2n) is 3.75. The Morgan fingerprint density at radius 3 is 2.50 bits per heavy atom. The number of carbonyl (C=O) groups excluding carboxylic acids is 1. The topological polar surface area (TPSA) is 81.1 Å². The average molecular weight is 286 g/mol. The minimum Gasteiger partial charge on any atom is -0.353 e. The summed E-state index contributed by atoms with van der Waals surface area (Å²) in [5, 5.41) is 2.69. The van der Waals surface area contributed by atoms with Crippen LogP contribution in [0.4, 0.5) is 0 Å². The first-order chi connectivity index (χ1) is 7.48. The van der Waals surface area contributed by atoms with Crippen LogP contribution >= 0.6 is 15.9 Å². The third-order valence-corrected chi connectivity index (χ3v) is 2.87. The van der Waals surface area contributed by atoms with Crippen molar-refractivity contribution in [2.45, 2.75) is 12.5 Å². The zero-order chi connectivity index (χ0) is 12.2. The summed E-state index contributed by atoms with van der Waals surface area (Å²) in [6.07, 6.45) is 0. The fraction of sp³-hybridized carbons (Fsp3) is 0.364. The fourth-order valence-corrected chi connectivity index (χ4v) is 1.56. The van der Waals surface area contributed by atoms with Crippen LogP contribution in [-0.2, 0) is 10.3 Å².